The normalized spacial score (nSPS) is 12.3. The highest BCUT2D eigenvalue weighted by molar-refractivity contribution is 4.83. The fourth-order valence-electron chi connectivity index (χ4n) is 1.77. The molecule has 87 valence electrons. The minimum absolute atomic E-state index is 0.00885. The summed E-state index contributed by atoms with van der Waals surface area (Å²) in [5.74, 6) is 0.00885. The van der Waals surface area contributed by atoms with Gasteiger partial charge in [0.25, 0.3) is 0 Å². The Morgan fingerprint density at radius 2 is 1.40 bits per heavy atom. The van der Waals surface area contributed by atoms with Gasteiger partial charge in [-0.25, -0.2) is 0 Å². The van der Waals surface area contributed by atoms with Gasteiger partial charge in [0.1, 0.15) is 0 Å². The van der Waals surface area contributed by atoms with Gasteiger partial charge in [-0.3, -0.25) is 0 Å². The van der Waals surface area contributed by atoms with E-state index in [0.717, 1.165) is 6.42 Å². The Labute approximate surface area is 95.9 Å². The van der Waals surface area contributed by atoms with Gasteiger partial charge in [0.05, 0.1) is 6.07 Å². The second-order valence-corrected chi connectivity index (χ2v) is 4.44. The number of hydrogen-bond acceptors (Lipinski definition) is 1. The Balaban J connectivity index is 2.96. The molecule has 0 N–H and O–H groups in total. The molecule has 1 unspecified atom stereocenters. The summed E-state index contributed by atoms with van der Waals surface area (Å²) in [6.45, 7) is 6.02. The minimum Gasteiger partial charge on any atom is -0.198 e. The number of nitriles is 1. The molecule has 0 amide bonds. The summed E-state index contributed by atoms with van der Waals surface area (Å²) in [7, 11) is 0. The van der Waals surface area contributed by atoms with Crippen LogP contribution in [0.3, 0.4) is 0 Å². The fraction of sp³-hybridized carbons (Fsp3) is 0.857. The van der Waals surface area contributed by atoms with Crippen LogP contribution in [0.5, 0.6) is 0 Å². The van der Waals surface area contributed by atoms with Crippen LogP contribution in [0, 0.1) is 24.2 Å². The van der Waals surface area contributed by atoms with E-state index >= 15 is 0 Å². The van der Waals surface area contributed by atoms with Gasteiger partial charge >= 0.3 is 0 Å². The van der Waals surface area contributed by atoms with Crippen molar-refractivity contribution in [1.29, 1.82) is 5.26 Å². The molecule has 0 aromatic heterocycles. The van der Waals surface area contributed by atoms with E-state index < -0.39 is 0 Å². The Kier molecular flexibility index (Phi) is 11.2. The van der Waals surface area contributed by atoms with E-state index in [9.17, 15) is 0 Å². The maximum Gasteiger partial charge on any atom is 0.0655 e. The number of hydrogen-bond donors (Lipinski definition) is 0. The van der Waals surface area contributed by atoms with Crippen LogP contribution in [-0.4, -0.2) is 0 Å². The largest absolute Gasteiger partial charge is 0.198 e. The van der Waals surface area contributed by atoms with Gasteiger partial charge in [0.2, 0.25) is 0 Å². The van der Waals surface area contributed by atoms with E-state index in [1.165, 1.54) is 57.8 Å². The van der Waals surface area contributed by atoms with Crippen molar-refractivity contribution >= 4 is 0 Å². The molecule has 0 fully saturated rings. The first-order valence-corrected chi connectivity index (χ1v) is 6.54. The summed E-state index contributed by atoms with van der Waals surface area (Å²) >= 11 is 0. The zero-order valence-corrected chi connectivity index (χ0v) is 10.3. The molecular weight excluding hydrogens is 182 g/mol. The first-order chi connectivity index (χ1) is 7.31. The Hall–Kier alpha value is -0.510. The lowest BCUT2D eigenvalue weighted by Crippen LogP contribution is -1.90. The molecule has 1 heteroatoms. The van der Waals surface area contributed by atoms with Crippen molar-refractivity contribution in [2.75, 3.05) is 0 Å². The second kappa shape index (κ2) is 11.6. The zero-order chi connectivity index (χ0) is 11.4. The van der Waals surface area contributed by atoms with E-state index in [1.54, 1.807) is 0 Å². The van der Waals surface area contributed by atoms with Crippen LogP contribution in [0.4, 0.5) is 0 Å². The first kappa shape index (κ1) is 14.5. The van der Waals surface area contributed by atoms with E-state index in [1.807, 2.05) is 0 Å². The van der Waals surface area contributed by atoms with Gasteiger partial charge < -0.3 is 0 Å². The van der Waals surface area contributed by atoms with Crippen LogP contribution < -0.4 is 0 Å². The van der Waals surface area contributed by atoms with Crippen molar-refractivity contribution in [2.24, 2.45) is 5.92 Å². The molecular formula is C14H26N. The molecule has 1 radical (unpaired) electrons. The lowest BCUT2D eigenvalue weighted by molar-refractivity contribution is 0.544. The maximum atomic E-state index is 8.55. The summed E-state index contributed by atoms with van der Waals surface area (Å²) in [4.78, 5) is 0. The minimum atomic E-state index is 0.00885. The average molecular weight is 208 g/mol. The molecule has 1 nitrogen and oxygen atoms in total. The van der Waals surface area contributed by atoms with Gasteiger partial charge in [-0.05, 0) is 13.3 Å². The lowest BCUT2D eigenvalue weighted by atomic mass is 10.0. The van der Waals surface area contributed by atoms with E-state index in [2.05, 4.69) is 19.9 Å². The molecule has 0 bridgehead atoms. The van der Waals surface area contributed by atoms with E-state index in [-0.39, 0.29) is 5.92 Å². The van der Waals surface area contributed by atoms with Gasteiger partial charge in [0.15, 0.2) is 0 Å². The number of unbranched alkanes of at least 4 members (excludes halogenated alkanes) is 8. The van der Waals surface area contributed by atoms with Crippen LogP contribution in [-0.2, 0) is 0 Å². The molecule has 0 rings (SSSR count). The van der Waals surface area contributed by atoms with Crippen molar-refractivity contribution in [1.82, 2.24) is 0 Å². The third-order valence-corrected chi connectivity index (χ3v) is 2.84. The molecule has 0 aliphatic carbocycles. The van der Waals surface area contributed by atoms with Gasteiger partial charge in [-0.15, -0.1) is 0 Å². The van der Waals surface area contributed by atoms with Gasteiger partial charge in [-0.1, -0.05) is 64.7 Å². The van der Waals surface area contributed by atoms with Gasteiger partial charge in [0, 0.05) is 5.92 Å². The number of rotatable bonds is 10. The molecule has 0 aliphatic heterocycles. The molecule has 1 atom stereocenters. The maximum absolute atomic E-state index is 8.55. The highest BCUT2D eigenvalue weighted by atomic mass is 14.3. The number of nitrogens with zero attached hydrogens (tertiary/aromatic N) is 1. The topological polar surface area (TPSA) is 23.8 Å². The quantitative estimate of drug-likeness (QED) is 0.469. The zero-order valence-electron chi connectivity index (χ0n) is 10.3. The monoisotopic (exact) mass is 208 g/mol. The summed E-state index contributed by atoms with van der Waals surface area (Å²) in [6, 6.07) is 2.18. The van der Waals surface area contributed by atoms with Crippen molar-refractivity contribution in [3.63, 3.8) is 0 Å². The van der Waals surface area contributed by atoms with Crippen LogP contribution >= 0.6 is 0 Å². The molecule has 0 aromatic rings. The summed E-state index contributed by atoms with van der Waals surface area (Å²) in [5, 5.41) is 8.55. The van der Waals surface area contributed by atoms with Crippen LogP contribution in [0.25, 0.3) is 0 Å². The van der Waals surface area contributed by atoms with Gasteiger partial charge in [-0.2, -0.15) is 5.26 Å². The van der Waals surface area contributed by atoms with Crippen molar-refractivity contribution in [3.8, 4) is 6.07 Å². The highest BCUT2D eigenvalue weighted by Gasteiger charge is 1.98. The Bertz CT molecular complexity index is 157. The smallest absolute Gasteiger partial charge is 0.0655 e. The summed E-state index contributed by atoms with van der Waals surface area (Å²) < 4.78 is 0. The molecule has 0 aromatic carbocycles. The molecule has 0 heterocycles. The average Bonchev–Trinajstić information content (AvgIpc) is 2.26. The van der Waals surface area contributed by atoms with E-state index in [0.29, 0.717) is 0 Å². The van der Waals surface area contributed by atoms with E-state index in [4.69, 9.17) is 5.26 Å². The molecule has 0 spiro atoms. The standard InChI is InChI=1S/C14H26N/c1-3-4-5-6-7-8-9-10-11-12-14(2)13-15/h14H,2-12H2,1H3. The fourth-order valence-corrected chi connectivity index (χ4v) is 1.77. The summed E-state index contributed by atoms with van der Waals surface area (Å²) in [6.07, 6.45) is 13.1. The van der Waals surface area contributed by atoms with Crippen LogP contribution in [0.15, 0.2) is 0 Å². The Morgan fingerprint density at radius 1 is 0.933 bits per heavy atom. The Morgan fingerprint density at radius 3 is 1.87 bits per heavy atom. The van der Waals surface area contributed by atoms with Crippen molar-refractivity contribution < 1.29 is 0 Å². The second-order valence-electron chi connectivity index (χ2n) is 4.44. The SMILES string of the molecule is [CH2]C(C#N)CCCCCCCCCCC. The third kappa shape index (κ3) is 11.4. The van der Waals surface area contributed by atoms with Crippen LogP contribution in [0.2, 0.25) is 0 Å². The highest BCUT2D eigenvalue weighted by Crippen LogP contribution is 2.12. The molecule has 15 heavy (non-hydrogen) atoms. The molecule has 0 saturated carbocycles. The van der Waals surface area contributed by atoms with Crippen molar-refractivity contribution in [2.45, 2.75) is 71.1 Å². The predicted molar refractivity (Wildman–Crippen MR) is 66.3 cm³/mol. The van der Waals surface area contributed by atoms with Crippen molar-refractivity contribution in [3.05, 3.63) is 6.92 Å². The first-order valence-electron chi connectivity index (χ1n) is 6.54. The lowest BCUT2D eigenvalue weighted by Gasteiger charge is -2.02. The van der Waals surface area contributed by atoms with Crippen LogP contribution in [0.1, 0.15) is 71.1 Å². The molecule has 0 aliphatic rings. The predicted octanol–water partition coefficient (Wildman–Crippen LogP) is 4.88. The molecule has 0 saturated heterocycles. The summed E-state index contributed by atoms with van der Waals surface area (Å²) in [5.41, 5.74) is 0. The third-order valence-electron chi connectivity index (χ3n) is 2.84.